The lowest BCUT2D eigenvalue weighted by molar-refractivity contribution is -0.385. The highest BCUT2D eigenvalue weighted by atomic mass is 32.2. The van der Waals surface area contributed by atoms with E-state index in [9.17, 15) is 18.5 Å². The fraction of sp³-hybridized carbons (Fsp3) is 0.375. The Morgan fingerprint density at radius 1 is 1.08 bits per heavy atom. The van der Waals surface area contributed by atoms with E-state index in [1.54, 1.807) is 32.3 Å². The van der Waals surface area contributed by atoms with Crippen LogP contribution in [0.4, 0.5) is 11.6 Å². The van der Waals surface area contributed by atoms with Gasteiger partial charge in [-0.05, 0) is 31.0 Å². The normalized spacial score (nSPS) is 15.8. The Morgan fingerprint density at radius 2 is 1.69 bits per heavy atom. The number of nitrogens with zero attached hydrogens (tertiary/aromatic N) is 5. The summed E-state index contributed by atoms with van der Waals surface area (Å²) in [5.74, 6) is 0.562. The molecule has 0 spiro atoms. The van der Waals surface area contributed by atoms with Crippen molar-refractivity contribution in [3.05, 3.63) is 51.8 Å². The lowest BCUT2D eigenvalue weighted by atomic mass is 10.1. The molecule has 1 aliphatic rings. The number of nitro benzene ring substituents is 1. The van der Waals surface area contributed by atoms with Crippen LogP contribution in [-0.4, -0.2) is 53.8 Å². The van der Waals surface area contributed by atoms with E-state index in [0.29, 0.717) is 30.2 Å². The molecule has 138 valence electrons. The fourth-order valence-electron chi connectivity index (χ4n) is 2.90. The second kappa shape index (κ2) is 6.96. The van der Waals surface area contributed by atoms with Crippen molar-refractivity contribution in [1.82, 2.24) is 14.3 Å². The molecule has 0 unspecified atom stereocenters. The van der Waals surface area contributed by atoms with E-state index in [4.69, 9.17) is 0 Å². The molecule has 2 heterocycles. The predicted octanol–water partition coefficient (Wildman–Crippen LogP) is 1.51. The first-order valence-electron chi connectivity index (χ1n) is 8.08. The van der Waals surface area contributed by atoms with Gasteiger partial charge in [0, 0.05) is 50.7 Å². The Morgan fingerprint density at radius 3 is 2.27 bits per heavy atom. The summed E-state index contributed by atoms with van der Waals surface area (Å²) in [6.07, 6.45) is 3.28. The number of benzene rings is 1. The predicted molar refractivity (Wildman–Crippen MR) is 95.6 cm³/mol. The SMILES string of the molecule is Cc1cc([N+](=O)[O-])cc(S(=O)(=O)N2CCN(c3ncccn3)CC2)c1C. The highest BCUT2D eigenvalue weighted by molar-refractivity contribution is 7.89. The summed E-state index contributed by atoms with van der Waals surface area (Å²) in [5, 5.41) is 11.1. The summed E-state index contributed by atoms with van der Waals surface area (Å²) in [6, 6.07) is 4.25. The highest BCUT2D eigenvalue weighted by Gasteiger charge is 2.32. The average molecular weight is 377 g/mol. The van der Waals surface area contributed by atoms with Crippen molar-refractivity contribution in [2.45, 2.75) is 18.7 Å². The molecule has 0 amide bonds. The van der Waals surface area contributed by atoms with Gasteiger partial charge >= 0.3 is 0 Å². The third-order valence-corrected chi connectivity index (χ3v) is 6.53. The highest BCUT2D eigenvalue weighted by Crippen LogP contribution is 2.28. The molecular formula is C16H19N5O4S. The molecule has 1 fully saturated rings. The van der Waals surface area contributed by atoms with Gasteiger partial charge in [0.15, 0.2) is 0 Å². The largest absolute Gasteiger partial charge is 0.338 e. The molecule has 0 atom stereocenters. The molecule has 2 aromatic rings. The van der Waals surface area contributed by atoms with Gasteiger partial charge in [0.1, 0.15) is 0 Å². The Bertz CT molecular complexity index is 925. The number of aryl methyl sites for hydroxylation is 1. The Kier molecular flexibility index (Phi) is 4.88. The van der Waals surface area contributed by atoms with Gasteiger partial charge in [0.2, 0.25) is 16.0 Å². The molecule has 1 aromatic heterocycles. The zero-order valence-corrected chi connectivity index (χ0v) is 15.3. The number of rotatable bonds is 4. The van der Waals surface area contributed by atoms with Gasteiger partial charge in [-0.25, -0.2) is 18.4 Å². The number of hydrogen-bond acceptors (Lipinski definition) is 7. The van der Waals surface area contributed by atoms with Crippen LogP contribution >= 0.6 is 0 Å². The van der Waals surface area contributed by atoms with Crippen LogP contribution in [0.15, 0.2) is 35.5 Å². The number of sulfonamides is 1. The molecule has 26 heavy (non-hydrogen) atoms. The molecule has 3 rings (SSSR count). The molecule has 0 bridgehead atoms. The molecule has 0 aliphatic carbocycles. The smallest absolute Gasteiger partial charge is 0.271 e. The molecule has 0 saturated carbocycles. The quantitative estimate of drug-likeness (QED) is 0.587. The number of piperazine rings is 1. The first kappa shape index (κ1) is 18.2. The molecule has 0 radical (unpaired) electrons. The van der Waals surface area contributed by atoms with Gasteiger partial charge in [-0.15, -0.1) is 0 Å². The van der Waals surface area contributed by atoms with Crippen molar-refractivity contribution in [2.75, 3.05) is 31.1 Å². The second-order valence-corrected chi connectivity index (χ2v) is 7.99. The van der Waals surface area contributed by atoms with Crippen molar-refractivity contribution in [3.8, 4) is 0 Å². The van der Waals surface area contributed by atoms with Crippen LogP contribution in [0.1, 0.15) is 11.1 Å². The van der Waals surface area contributed by atoms with Crippen LogP contribution in [-0.2, 0) is 10.0 Å². The minimum Gasteiger partial charge on any atom is -0.338 e. The third-order valence-electron chi connectivity index (χ3n) is 4.51. The lowest BCUT2D eigenvalue weighted by Gasteiger charge is -2.34. The molecule has 9 nitrogen and oxygen atoms in total. The summed E-state index contributed by atoms with van der Waals surface area (Å²) in [5.41, 5.74) is 0.890. The monoisotopic (exact) mass is 377 g/mol. The van der Waals surface area contributed by atoms with Crippen LogP contribution in [0.25, 0.3) is 0 Å². The zero-order valence-electron chi connectivity index (χ0n) is 14.5. The maximum atomic E-state index is 13.0. The zero-order chi connectivity index (χ0) is 18.9. The van der Waals surface area contributed by atoms with E-state index < -0.39 is 14.9 Å². The van der Waals surface area contributed by atoms with Gasteiger partial charge in [0.25, 0.3) is 5.69 Å². The summed E-state index contributed by atoms with van der Waals surface area (Å²) in [4.78, 5) is 20.8. The van der Waals surface area contributed by atoms with E-state index in [0.717, 1.165) is 6.07 Å². The first-order valence-corrected chi connectivity index (χ1v) is 9.52. The molecule has 1 saturated heterocycles. The summed E-state index contributed by atoms with van der Waals surface area (Å²) >= 11 is 0. The van der Waals surface area contributed by atoms with Crippen molar-refractivity contribution in [1.29, 1.82) is 0 Å². The van der Waals surface area contributed by atoms with Crippen LogP contribution in [0, 0.1) is 24.0 Å². The van der Waals surface area contributed by atoms with Crippen LogP contribution in [0.3, 0.4) is 0 Å². The minimum atomic E-state index is -3.82. The molecule has 10 heteroatoms. The topological polar surface area (TPSA) is 110 Å². The summed E-state index contributed by atoms with van der Waals surface area (Å²) in [7, 11) is -3.82. The number of anilines is 1. The summed E-state index contributed by atoms with van der Waals surface area (Å²) in [6.45, 7) is 4.78. The molecule has 0 N–H and O–H groups in total. The van der Waals surface area contributed by atoms with Crippen LogP contribution < -0.4 is 4.90 Å². The van der Waals surface area contributed by atoms with Gasteiger partial charge in [0.05, 0.1) is 9.82 Å². The standard InChI is InChI=1S/C16H19N5O4S/c1-12-10-14(21(22)23)11-15(13(12)2)26(24,25)20-8-6-19(7-9-20)16-17-4-3-5-18-16/h3-5,10-11H,6-9H2,1-2H3. The Balaban J connectivity index is 1.85. The minimum absolute atomic E-state index is 0.00592. The molecular weight excluding hydrogens is 358 g/mol. The van der Waals surface area contributed by atoms with Crippen molar-refractivity contribution < 1.29 is 13.3 Å². The first-order chi connectivity index (χ1) is 12.3. The molecule has 1 aliphatic heterocycles. The van der Waals surface area contributed by atoms with E-state index in [1.807, 2.05) is 4.90 Å². The number of aromatic nitrogens is 2. The van der Waals surface area contributed by atoms with E-state index in [-0.39, 0.29) is 23.7 Å². The third kappa shape index (κ3) is 3.37. The second-order valence-electron chi connectivity index (χ2n) is 6.08. The van der Waals surface area contributed by atoms with E-state index >= 15 is 0 Å². The summed E-state index contributed by atoms with van der Waals surface area (Å²) < 4.78 is 27.4. The van der Waals surface area contributed by atoms with Crippen molar-refractivity contribution >= 4 is 21.7 Å². The van der Waals surface area contributed by atoms with Crippen molar-refractivity contribution in [3.63, 3.8) is 0 Å². The number of non-ortho nitro benzene ring substituents is 1. The molecule has 1 aromatic carbocycles. The Labute approximate surface area is 151 Å². The fourth-order valence-corrected chi connectivity index (χ4v) is 4.64. The number of hydrogen-bond donors (Lipinski definition) is 0. The number of nitro groups is 1. The van der Waals surface area contributed by atoms with Gasteiger partial charge < -0.3 is 4.90 Å². The van der Waals surface area contributed by atoms with Crippen molar-refractivity contribution in [2.24, 2.45) is 0 Å². The van der Waals surface area contributed by atoms with Crippen LogP contribution in [0.2, 0.25) is 0 Å². The van der Waals surface area contributed by atoms with E-state index in [1.165, 1.54) is 10.4 Å². The van der Waals surface area contributed by atoms with Gasteiger partial charge in [-0.2, -0.15) is 4.31 Å². The van der Waals surface area contributed by atoms with E-state index in [2.05, 4.69) is 9.97 Å². The van der Waals surface area contributed by atoms with Crippen LogP contribution in [0.5, 0.6) is 0 Å². The van der Waals surface area contributed by atoms with Gasteiger partial charge in [-0.1, -0.05) is 0 Å². The Hall–Kier alpha value is -2.59. The maximum absolute atomic E-state index is 13.0. The lowest BCUT2D eigenvalue weighted by Crippen LogP contribution is -2.49. The average Bonchev–Trinajstić information content (AvgIpc) is 2.64. The maximum Gasteiger partial charge on any atom is 0.271 e. The van der Waals surface area contributed by atoms with Gasteiger partial charge in [-0.3, -0.25) is 10.1 Å².